The van der Waals surface area contributed by atoms with E-state index in [1.807, 2.05) is 55.5 Å². The molecule has 1 amide bonds. The van der Waals surface area contributed by atoms with E-state index in [4.69, 9.17) is 9.47 Å². The van der Waals surface area contributed by atoms with Crippen LogP contribution in [0.4, 0.5) is 0 Å². The molecule has 2 atom stereocenters. The van der Waals surface area contributed by atoms with Gasteiger partial charge in [-0.2, -0.15) is 0 Å². The van der Waals surface area contributed by atoms with Gasteiger partial charge in [-0.25, -0.2) is 0 Å². The molecule has 0 bridgehead atoms. The minimum absolute atomic E-state index is 0.148. The average molecular weight is 389 g/mol. The maximum atomic E-state index is 13.1. The van der Waals surface area contributed by atoms with Crippen molar-refractivity contribution < 1.29 is 14.3 Å². The van der Waals surface area contributed by atoms with E-state index in [2.05, 4.69) is 36.5 Å². The Morgan fingerprint density at radius 3 is 2.21 bits per heavy atom. The number of carbonyl (C=O) groups is 1. The van der Waals surface area contributed by atoms with E-state index in [0.29, 0.717) is 17.9 Å². The Kier molecular flexibility index (Phi) is 6.90. The number of benzene rings is 3. The van der Waals surface area contributed by atoms with E-state index in [-0.39, 0.29) is 11.9 Å². The largest absolute Gasteiger partial charge is 0.497 e. The molecule has 0 aromatic heterocycles. The number of rotatable bonds is 8. The second-order valence-electron chi connectivity index (χ2n) is 6.96. The van der Waals surface area contributed by atoms with Crippen molar-refractivity contribution >= 4 is 5.91 Å². The highest BCUT2D eigenvalue weighted by Crippen LogP contribution is 2.24. The minimum atomic E-state index is -0.598. The third-order valence-electron chi connectivity index (χ3n) is 4.81. The molecule has 150 valence electrons. The van der Waals surface area contributed by atoms with Crippen LogP contribution >= 0.6 is 0 Å². The van der Waals surface area contributed by atoms with Crippen LogP contribution in [0.2, 0.25) is 0 Å². The van der Waals surface area contributed by atoms with Gasteiger partial charge in [-0.3, -0.25) is 4.79 Å². The fourth-order valence-electron chi connectivity index (χ4n) is 3.16. The van der Waals surface area contributed by atoms with Gasteiger partial charge in [0.2, 0.25) is 0 Å². The lowest BCUT2D eigenvalue weighted by atomic mass is 9.97. The van der Waals surface area contributed by atoms with Crippen LogP contribution in [0.1, 0.15) is 36.1 Å². The van der Waals surface area contributed by atoms with Gasteiger partial charge >= 0.3 is 0 Å². The van der Waals surface area contributed by atoms with Crippen LogP contribution < -0.4 is 14.8 Å². The number of nitrogens with one attached hydrogen (secondary N) is 1. The maximum Gasteiger partial charge on any atom is 0.261 e. The molecule has 0 aliphatic rings. The predicted octanol–water partition coefficient (Wildman–Crippen LogP) is 5.07. The number of ether oxygens (including phenoxy) is 2. The zero-order valence-electron chi connectivity index (χ0n) is 17.1. The lowest BCUT2D eigenvalue weighted by Crippen LogP contribution is -2.40. The standard InChI is InChI=1S/C25H27NO3/c1-4-23(29-22-12-8-11-21(17-22)28-3)25(27)26-24(19-9-6-5-7-10-19)20-15-13-18(2)14-16-20/h5-17,23-24H,4H2,1-3H3,(H,26,27). The normalized spacial score (nSPS) is 12.7. The summed E-state index contributed by atoms with van der Waals surface area (Å²) >= 11 is 0. The molecule has 4 heteroatoms. The average Bonchev–Trinajstić information content (AvgIpc) is 2.77. The second kappa shape index (κ2) is 9.78. The molecular formula is C25H27NO3. The molecule has 4 nitrogen and oxygen atoms in total. The summed E-state index contributed by atoms with van der Waals surface area (Å²) in [5.74, 6) is 1.15. The molecule has 3 rings (SSSR count). The van der Waals surface area contributed by atoms with Crippen molar-refractivity contribution in [3.63, 3.8) is 0 Å². The summed E-state index contributed by atoms with van der Waals surface area (Å²) in [6.07, 6.45) is -0.0443. The zero-order valence-corrected chi connectivity index (χ0v) is 17.1. The van der Waals surface area contributed by atoms with Crippen molar-refractivity contribution in [2.45, 2.75) is 32.4 Å². The first kappa shape index (κ1) is 20.5. The van der Waals surface area contributed by atoms with Gasteiger partial charge in [0.25, 0.3) is 5.91 Å². The lowest BCUT2D eigenvalue weighted by Gasteiger charge is -2.24. The van der Waals surface area contributed by atoms with E-state index in [0.717, 1.165) is 11.1 Å². The monoisotopic (exact) mass is 389 g/mol. The van der Waals surface area contributed by atoms with Crippen LogP contribution in [-0.4, -0.2) is 19.1 Å². The lowest BCUT2D eigenvalue weighted by molar-refractivity contribution is -0.128. The first-order chi connectivity index (χ1) is 14.1. The van der Waals surface area contributed by atoms with Crippen LogP contribution in [0.25, 0.3) is 0 Å². The van der Waals surface area contributed by atoms with Gasteiger partial charge in [0.1, 0.15) is 11.5 Å². The summed E-state index contributed by atoms with van der Waals surface area (Å²) in [4.78, 5) is 13.1. The molecule has 0 saturated carbocycles. The Bertz CT molecular complexity index is 922. The minimum Gasteiger partial charge on any atom is -0.497 e. The number of amides is 1. The SMILES string of the molecule is CCC(Oc1cccc(OC)c1)C(=O)NC(c1ccccc1)c1ccc(C)cc1. The van der Waals surface area contributed by atoms with Crippen molar-refractivity contribution in [1.29, 1.82) is 0 Å². The van der Waals surface area contributed by atoms with Crippen LogP contribution in [0, 0.1) is 6.92 Å². The van der Waals surface area contributed by atoms with Crippen molar-refractivity contribution in [3.8, 4) is 11.5 Å². The van der Waals surface area contributed by atoms with Crippen LogP contribution in [0.5, 0.6) is 11.5 Å². The first-order valence-corrected chi connectivity index (χ1v) is 9.83. The van der Waals surface area contributed by atoms with Crippen LogP contribution in [0.15, 0.2) is 78.9 Å². The summed E-state index contributed by atoms with van der Waals surface area (Å²) in [5.41, 5.74) is 3.24. The van der Waals surface area contributed by atoms with Gasteiger partial charge in [-0.1, -0.05) is 73.2 Å². The summed E-state index contributed by atoms with van der Waals surface area (Å²) in [6.45, 7) is 3.99. The Morgan fingerprint density at radius 1 is 0.897 bits per heavy atom. The van der Waals surface area contributed by atoms with Gasteiger partial charge in [-0.15, -0.1) is 0 Å². The molecule has 29 heavy (non-hydrogen) atoms. The van der Waals surface area contributed by atoms with E-state index >= 15 is 0 Å². The number of hydrogen-bond acceptors (Lipinski definition) is 3. The molecule has 0 aliphatic heterocycles. The topological polar surface area (TPSA) is 47.6 Å². The zero-order chi connectivity index (χ0) is 20.6. The molecule has 3 aromatic rings. The summed E-state index contributed by atoms with van der Waals surface area (Å²) < 4.78 is 11.2. The van der Waals surface area contributed by atoms with Gasteiger partial charge < -0.3 is 14.8 Å². The molecule has 2 unspecified atom stereocenters. The fourth-order valence-corrected chi connectivity index (χ4v) is 3.16. The highest BCUT2D eigenvalue weighted by Gasteiger charge is 2.24. The quantitative estimate of drug-likeness (QED) is 0.585. The van der Waals surface area contributed by atoms with Gasteiger partial charge in [-0.05, 0) is 36.6 Å². The maximum absolute atomic E-state index is 13.1. The molecule has 1 N–H and O–H groups in total. The van der Waals surface area contributed by atoms with Crippen molar-refractivity contribution in [2.24, 2.45) is 0 Å². The number of hydrogen-bond donors (Lipinski definition) is 1. The Morgan fingerprint density at radius 2 is 1.55 bits per heavy atom. The molecule has 0 heterocycles. The van der Waals surface area contributed by atoms with E-state index in [9.17, 15) is 4.79 Å². The Balaban J connectivity index is 1.81. The molecule has 0 radical (unpaired) electrons. The third-order valence-corrected chi connectivity index (χ3v) is 4.81. The highest BCUT2D eigenvalue weighted by molar-refractivity contribution is 5.82. The summed E-state index contributed by atoms with van der Waals surface area (Å²) in [6, 6.07) is 25.2. The first-order valence-electron chi connectivity index (χ1n) is 9.83. The van der Waals surface area contributed by atoms with Gasteiger partial charge in [0.15, 0.2) is 6.10 Å². The second-order valence-corrected chi connectivity index (χ2v) is 6.96. The molecule has 0 saturated heterocycles. The van der Waals surface area contributed by atoms with Crippen LogP contribution in [0.3, 0.4) is 0 Å². The number of methoxy groups -OCH3 is 1. The van der Waals surface area contributed by atoms with Crippen LogP contribution in [-0.2, 0) is 4.79 Å². The fraction of sp³-hybridized carbons (Fsp3) is 0.240. The molecule has 0 fully saturated rings. The van der Waals surface area contributed by atoms with Crippen molar-refractivity contribution in [3.05, 3.63) is 95.6 Å². The highest BCUT2D eigenvalue weighted by atomic mass is 16.5. The van der Waals surface area contributed by atoms with Crippen molar-refractivity contribution in [1.82, 2.24) is 5.32 Å². The van der Waals surface area contributed by atoms with E-state index in [1.54, 1.807) is 13.2 Å². The summed E-state index contributed by atoms with van der Waals surface area (Å²) in [7, 11) is 1.61. The predicted molar refractivity (Wildman–Crippen MR) is 115 cm³/mol. The summed E-state index contributed by atoms with van der Waals surface area (Å²) in [5, 5.41) is 3.17. The molecule has 0 aliphatic carbocycles. The Hall–Kier alpha value is -3.27. The van der Waals surface area contributed by atoms with E-state index in [1.165, 1.54) is 5.56 Å². The smallest absolute Gasteiger partial charge is 0.261 e. The van der Waals surface area contributed by atoms with Crippen molar-refractivity contribution in [2.75, 3.05) is 7.11 Å². The van der Waals surface area contributed by atoms with Gasteiger partial charge in [0.05, 0.1) is 13.2 Å². The van der Waals surface area contributed by atoms with Gasteiger partial charge in [0, 0.05) is 6.07 Å². The molecular weight excluding hydrogens is 362 g/mol. The molecule has 0 spiro atoms. The van der Waals surface area contributed by atoms with E-state index < -0.39 is 6.10 Å². The third kappa shape index (κ3) is 5.38. The Labute approximate surface area is 172 Å². The number of aryl methyl sites for hydroxylation is 1. The number of carbonyl (C=O) groups excluding carboxylic acids is 1. The molecule has 3 aromatic carbocycles.